The normalized spacial score (nSPS) is 12.2. The second kappa shape index (κ2) is 9.45. The lowest BCUT2D eigenvalue weighted by atomic mass is 10.1. The van der Waals surface area contributed by atoms with E-state index >= 15 is 0 Å². The maximum atomic E-state index is 14.1. The predicted molar refractivity (Wildman–Crippen MR) is 119 cm³/mol. The molecule has 0 atom stereocenters. The fraction of sp³-hybridized carbons (Fsp3) is 0.292. The van der Waals surface area contributed by atoms with E-state index in [2.05, 4.69) is 15.3 Å². The van der Waals surface area contributed by atoms with Crippen LogP contribution in [0, 0.1) is 17.5 Å². The summed E-state index contributed by atoms with van der Waals surface area (Å²) in [6.07, 6.45) is -3.62. The Balaban J connectivity index is 1.70. The molecule has 0 unspecified atom stereocenters. The van der Waals surface area contributed by atoms with Crippen molar-refractivity contribution in [2.45, 2.75) is 32.2 Å². The summed E-state index contributed by atoms with van der Waals surface area (Å²) in [5.41, 5.74) is -2.42. The van der Waals surface area contributed by atoms with Crippen molar-refractivity contribution < 1.29 is 35.8 Å². The Kier molecular flexibility index (Phi) is 6.65. The molecule has 0 aliphatic carbocycles. The second-order valence-electron chi connectivity index (χ2n) is 8.65. The zero-order valence-corrected chi connectivity index (χ0v) is 20.1. The molecule has 0 amide bonds. The van der Waals surface area contributed by atoms with Crippen LogP contribution in [0.15, 0.2) is 42.6 Å². The predicted octanol–water partition coefficient (Wildman–Crippen LogP) is 5.49. The average Bonchev–Trinajstić information content (AvgIpc) is 3.40. The van der Waals surface area contributed by atoms with Gasteiger partial charge in [-0.25, -0.2) is 13.2 Å². The molecule has 7 nitrogen and oxygen atoms in total. The molecule has 4 aromatic rings. The van der Waals surface area contributed by atoms with Crippen LogP contribution < -0.4 is 9.47 Å². The van der Waals surface area contributed by atoms with E-state index in [1.165, 1.54) is 38.8 Å². The zero-order chi connectivity index (χ0) is 27.1. The van der Waals surface area contributed by atoms with Gasteiger partial charge in [-0.1, -0.05) is 12.1 Å². The van der Waals surface area contributed by atoms with Crippen molar-refractivity contribution >= 4 is 0 Å². The molecule has 0 spiro atoms. The number of aromatic nitrogens is 5. The summed E-state index contributed by atoms with van der Waals surface area (Å²) in [4.78, 5) is 0. The fourth-order valence-corrected chi connectivity index (χ4v) is 3.81. The molecular formula is C24H21F6N5O2. The Labute approximate surface area is 207 Å². The summed E-state index contributed by atoms with van der Waals surface area (Å²) in [7, 11) is 2.88. The van der Waals surface area contributed by atoms with Crippen LogP contribution in [0.2, 0.25) is 0 Å². The lowest BCUT2D eigenvalue weighted by Crippen LogP contribution is -2.30. The van der Waals surface area contributed by atoms with E-state index in [1.54, 1.807) is 24.3 Å². The number of benzene rings is 2. The molecule has 0 aliphatic rings. The largest absolute Gasteiger partial charge is 0.497 e. The van der Waals surface area contributed by atoms with Crippen LogP contribution in [0.5, 0.6) is 11.5 Å². The smallest absolute Gasteiger partial charge is 0.435 e. The standard InChI is InChI=1S/C24H21F6N5O2/c1-23(2,37-19-17(26)9-14(25)10-18(19)27)22-32-31-21(34(22)3)16-12-35(33-20(16)24(28,29)30)11-13-5-7-15(36-4)8-6-13/h5-10,12H,11H2,1-4H3. The number of ether oxygens (including phenoxy) is 2. The lowest BCUT2D eigenvalue weighted by Gasteiger charge is -2.26. The van der Waals surface area contributed by atoms with Crippen molar-refractivity contribution in [3.8, 4) is 22.9 Å². The van der Waals surface area contributed by atoms with Gasteiger partial charge in [0.2, 0.25) is 0 Å². The maximum Gasteiger partial charge on any atom is 0.435 e. The minimum Gasteiger partial charge on any atom is -0.497 e. The summed E-state index contributed by atoms with van der Waals surface area (Å²) >= 11 is 0. The Morgan fingerprint density at radius 1 is 0.946 bits per heavy atom. The number of rotatable bonds is 7. The number of nitrogens with zero attached hydrogens (tertiary/aromatic N) is 5. The Morgan fingerprint density at radius 3 is 2.14 bits per heavy atom. The van der Waals surface area contributed by atoms with Gasteiger partial charge < -0.3 is 14.0 Å². The average molecular weight is 525 g/mol. The van der Waals surface area contributed by atoms with Gasteiger partial charge in [-0.3, -0.25) is 4.68 Å². The highest BCUT2D eigenvalue weighted by Gasteiger charge is 2.40. The van der Waals surface area contributed by atoms with Crippen molar-refractivity contribution in [2.75, 3.05) is 7.11 Å². The van der Waals surface area contributed by atoms with Crippen LogP contribution in [0.1, 0.15) is 30.9 Å². The molecule has 0 fully saturated rings. The molecule has 2 aromatic heterocycles. The number of hydrogen-bond donors (Lipinski definition) is 0. The first-order valence-corrected chi connectivity index (χ1v) is 10.8. The summed E-state index contributed by atoms with van der Waals surface area (Å²) < 4.78 is 96.0. The Morgan fingerprint density at radius 2 is 1.57 bits per heavy atom. The van der Waals surface area contributed by atoms with E-state index in [4.69, 9.17) is 9.47 Å². The van der Waals surface area contributed by atoms with Crippen LogP contribution in [-0.4, -0.2) is 31.7 Å². The first-order chi connectivity index (χ1) is 17.3. The van der Waals surface area contributed by atoms with Crippen molar-refractivity contribution in [1.29, 1.82) is 0 Å². The van der Waals surface area contributed by atoms with Crippen molar-refractivity contribution in [3.63, 3.8) is 0 Å². The maximum absolute atomic E-state index is 14.1. The highest BCUT2D eigenvalue weighted by molar-refractivity contribution is 5.59. The second-order valence-corrected chi connectivity index (χ2v) is 8.65. The molecule has 0 N–H and O–H groups in total. The SMILES string of the molecule is COc1ccc(Cn2cc(-c3nnc(C(C)(C)Oc4c(F)cc(F)cc4F)n3C)c(C(F)(F)F)n2)cc1. The molecule has 4 rings (SSSR count). The van der Waals surface area contributed by atoms with E-state index in [-0.39, 0.29) is 23.8 Å². The van der Waals surface area contributed by atoms with Crippen LogP contribution in [0.4, 0.5) is 26.3 Å². The van der Waals surface area contributed by atoms with Gasteiger partial charge in [0.15, 0.2) is 40.3 Å². The van der Waals surface area contributed by atoms with Gasteiger partial charge in [-0.2, -0.15) is 18.3 Å². The molecule has 37 heavy (non-hydrogen) atoms. The third kappa shape index (κ3) is 5.25. The van der Waals surface area contributed by atoms with E-state index in [0.717, 1.165) is 4.68 Å². The number of alkyl halides is 3. The molecule has 2 heterocycles. The molecular weight excluding hydrogens is 504 g/mol. The number of methoxy groups -OCH3 is 1. The summed E-state index contributed by atoms with van der Waals surface area (Å²) in [5, 5.41) is 11.5. The molecule has 2 aromatic carbocycles. The monoisotopic (exact) mass is 525 g/mol. The molecule has 0 saturated heterocycles. The topological polar surface area (TPSA) is 67.0 Å². The zero-order valence-electron chi connectivity index (χ0n) is 20.1. The Hall–Kier alpha value is -4.03. The van der Waals surface area contributed by atoms with Crippen LogP contribution in [0.25, 0.3) is 11.4 Å². The fourth-order valence-electron chi connectivity index (χ4n) is 3.81. The highest BCUT2D eigenvalue weighted by Crippen LogP contribution is 2.37. The van der Waals surface area contributed by atoms with E-state index < -0.39 is 40.7 Å². The van der Waals surface area contributed by atoms with Gasteiger partial charge >= 0.3 is 6.18 Å². The van der Waals surface area contributed by atoms with Gasteiger partial charge in [0.25, 0.3) is 0 Å². The van der Waals surface area contributed by atoms with Crippen LogP contribution in [-0.2, 0) is 25.4 Å². The highest BCUT2D eigenvalue weighted by atomic mass is 19.4. The Bertz CT molecular complexity index is 1400. The summed E-state index contributed by atoms with van der Waals surface area (Å²) in [6.45, 7) is 2.82. The minimum atomic E-state index is -4.81. The van der Waals surface area contributed by atoms with Gasteiger partial charge in [-0.05, 0) is 31.5 Å². The van der Waals surface area contributed by atoms with E-state index in [0.29, 0.717) is 23.4 Å². The summed E-state index contributed by atoms with van der Waals surface area (Å²) in [6, 6.07) is 7.64. The van der Waals surface area contributed by atoms with Gasteiger partial charge in [0, 0.05) is 25.4 Å². The van der Waals surface area contributed by atoms with Crippen molar-refractivity contribution in [2.24, 2.45) is 7.05 Å². The number of hydrogen-bond acceptors (Lipinski definition) is 5. The number of halogens is 6. The van der Waals surface area contributed by atoms with E-state index in [1.807, 2.05) is 0 Å². The lowest BCUT2D eigenvalue weighted by molar-refractivity contribution is -0.141. The van der Waals surface area contributed by atoms with Crippen LogP contribution in [0.3, 0.4) is 0 Å². The van der Waals surface area contributed by atoms with Gasteiger partial charge in [0.05, 0.1) is 19.2 Å². The third-order valence-electron chi connectivity index (χ3n) is 5.51. The van der Waals surface area contributed by atoms with Crippen LogP contribution >= 0.6 is 0 Å². The first-order valence-electron chi connectivity index (χ1n) is 10.8. The molecule has 0 aliphatic heterocycles. The molecule has 196 valence electrons. The third-order valence-corrected chi connectivity index (χ3v) is 5.51. The van der Waals surface area contributed by atoms with E-state index in [9.17, 15) is 26.3 Å². The summed E-state index contributed by atoms with van der Waals surface area (Å²) in [5.74, 6) is -4.20. The van der Waals surface area contributed by atoms with Crippen molar-refractivity contribution in [3.05, 3.63) is 77.1 Å². The van der Waals surface area contributed by atoms with Crippen molar-refractivity contribution in [1.82, 2.24) is 24.5 Å². The molecule has 13 heteroatoms. The van der Waals surface area contributed by atoms with Gasteiger partial charge in [-0.15, -0.1) is 10.2 Å². The first kappa shape index (κ1) is 26.0. The van der Waals surface area contributed by atoms with Gasteiger partial charge in [0.1, 0.15) is 11.6 Å². The molecule has 0 saturated carbocycles. The molecule has 0 radical (unpaired) electrons. The quantitative estimate of drug-likeness (QED) is 0.299. The minimum absolute atomic E-state index is 0.0372. The molecule has 0 bridgehead atoms.